The molecular formula is C28H33F2NO5S. The molecule has 1 N–H and O–H groups in total. The van der Waals surface area contributed by atoms with Crippen molar-refractivity contribution in [3.63, 3.8) is 0 Å². The molecule has 0 radical (unpaired) electrons. The molecule has 6 rings (SSSR count). The molecule has 6 nitrogen and oxygen atoms in total. The van der Waals surface area contributed by atoms with Crippen LogP contribution in [0.4, 0.5) is 8.78 Å². The van der Waals surface area contributed by atoms with Crippen LogP contribution in [0, 0.1) is 28.6 Å². The summed E-state index contributed by atoms with van der Waals surface area (Å²) in [6.07, 6.45) is 6.59. The lowest BCUT2D eigenvalue weighted by atomic mass is 9.45. The third-order valence-electron chi connectivity index (χ3n) is 10.3. The summed E-state index contributed by atoms with van der Waals surface area (Å²) >= 11 is 1.41. The van der Waals surface area contributed by atoms with Gasteiger partial charge in [0.25, 0.3) is 0 Å². The number of nitrogens with zero attached hydrogens (tertiary/aromatic N) is 1. The van der Waals surface area contributed by atoms with Gasteiger partial charge in [-0.3, -0.25) is 14.4 Å². The molecule has 1 aliphatic heterocycles. The number of rotatable bonds is 5. The van der Waals surface area contributed by atoms with Crippen molar-refractivity contribution >= 4 is 23.3 Å². The number of aliphatic hydroxyl groups is 1. The second-order valence-corrected chi connectivity index (χ2v) is 12.8. The molecule has 4 aliphatic carbocycles. The number of alkyl halides is 1. The average molecular weight is 534 g/mol. The number of hydroxylamine groups is 2. The van der Waals surface area contributed by atoms with Crippen LogP contribution in [0.15, 0.2) is 46.6 Å². The monoisotopic (exact) mass is 533 g/mol. The summed E-state index contributed by atoms with van der Waals surface area (Å²) in [6, 6.07) is 1.85. The fourth-order valence-corrected chi connectivity index (χ4v) is 9.19. The zero-order chi connectivity index (χ0) is 26.4. The van der Waals surface area contributed by atoms with Gasteiger partial charge >= 0.3 is 0 Å². The Labute approximate surface area is 219 Å². The van der Waals surface area contributed by atoms with E-state index in [9.17, 15) is 14.7 Å². The maximum atomic E-state index is 17.5. The number of carbonyl (C=O) groups is 2. The fourth-order valence-electron chi connectivity index (χ4n) is 8.71. The Morgan fingerprint density at radius 2 is 2.11 bits per heavy atom. The van der Waals surface area contributed by atoms with Crippen LogP contribution in [-0.2, 0) is 21.0 Å². The number of thioether (sulfide) groups is 1. The molecule has 9 heteroatoms. The van der Waals surface area contributed by atoms with Crippen LogP contribution in [-0.4, -0.2) is 57.7 Å². The van der Waals surface area contributed by atoms with E-state index in [2.05, 4.69) is 0 Å². The van der Waals surface area contributed by atoms with Gasteiger partial charge in [-0.25, -0.2) is 8.78 Å². The van der Waals surface area contributed by atoms with Crippen LogP contribution in [0.2, 0.25) is 0 Å². The van der Waals surface area contributed by atoms with Gasteiger partial charge in [-0.05, 0) is 49.7 Å². The predicted octanol–water partition coefficient (Wildman–Crippen LogP) is 4.59. The minimum Gasteiger partial charge on any atom is -0.472 e. The van der Waals surface area contributed by atoms with E-state index in [0.717, 1.165) is 5.56 Å². The van der Waals surface area contributed by atoms with Gasteiger partial charge in [0.2, 0.25) is 0 Å². The van der Waals surface area contributed by atoms with Crippen LogP contribution in [0.3, 0.4) is 0 Å². The average Bonchev–Trinajstić information content (AvgIpc) is 3.54. The lowest BCUT2D eigenvalue weighted by molar-refractivity contribution is -0.265. The molecule has 200 valence electrons. The van der Waals surface area contributed by atoms with Gasteiger partial charge in [0, 0.05) is 47.6 Å². The van der Waals surface area contributed by atoms with Crippen LogP contribution in [0.25, 0.3) is 0 Å². The molecule has 8 atom stereocenters. The SMILES string of the molecule is CSCC(=O)[C@@]12ON(Cc3ccoc3)C[C@@H]1C[C@H]1[C@@H]3CC(F)=C4CC(=O)C=C[C@]4(C)[C@@]3(F)[C@@H](O)C[C@@]12C. The molecule has 0 aromatic carbocycles. The van der Waals surface area contributed by atoms with E-state index in [-0.39, 0.29) is 54.0 Å². The molecular weight excluding hydrogens is 500 g/mol. The number of hydrogen-bond acceptors (Lipinski definition) is 7. The standard InChI is InChI=1S/C28H33F2NO5S/c1-25-6-4-18(32)9-21(25)22(29)10-20-19-8-17-13-31(12-16-5-7-35-14-16)36-28(17,24(34)15-37-3)26(19,2)11-23(33)27(20,25)30/h4-7,14,17,19-20,23,33H,8-13,15H2,1-3H3/t17-,19-,20-,23-,25-,26-,27-,28-/m0/s1. The molecule has 1 aromatic heterocycles. The van der Waals surface area contributed by atoms with Crippen molar-refractivity contribution in [2.75, 3.05) is 18.6 Å². The largest absolute Gasteiger partial charge is 0.472 e. The summed E-state index contributed by atoms with van der Waals surface area (Å²) in [5, 5.41) is 13.4. The fraction of sp³-hybridized carbons (Fsp3) is 0.643. The van der Waals surface area contributed by atoms with Gasteiger partial charge < -0.3 is 9.52 Å². The maximum Gasteiger partial charge on any atom is 0.177 e. The molecule has 0 bridgehead atoms. The molecule has 2 heterocycles. The molecule has 37 heavy (non-hydrogen) atoms. The first-order valence-electron chi connectivity index (χ1n) is 13.0. The Balaban J connectivity index is 1.43. The number of fused-ring (bicyclic) bond motifs is 7. The van der Waals surface area contributed by atoms with E-state index in [4.69, 9.17) is 9.25 Å². The molecule has 3 fully saturated rings. The lowest BCUT2D eigenvalue weighted by Crippen LogP contribution is -2.69. The third kappa shape index (κ3) is 3.14. The highest BCUT2D eigenvalue weighted by molar-refractivity contribution is 7.99. The van der Waals surface area contributed by atoms with Crippen LogP contribution < -0.4 is 0 Å². The number of allylic oxidation sites excluding steroid dienone is 4. The maximum absolute atomic E-state index is 17.5. The topological polar surface area (TPSA) is 80.0 Å². The number of carbonyl (C=O) groups excluding carboxylic acids is 2. The lowest BCUT2D eigenvalue weighted by Gasteiger charge is -2.62. The van der Waals surface area contributed by atoms with Crippen molar-refractivity contribution in [2.45, 2.75) is 63.4 Å². The van der Waals surface area contributed by atoms with Gasteiger partial charge in [0.1, 0.15) is 5.83 Å². The minimum absolute atomic E-state index is 0.0209. The second-order valence-electron chi connectivity index (χ2n) is 12.0. The zero-order valence-electron chi connectivity index (χ0n) is 21.3. The van der Waals surface area contributed by atoms with E-state index in [1.54, 1.807) is 24.5 Å². The summed E-state index contributed by atoms with van der Waals surface area (Å²) in [7, 11) is 0. The summed E-state index contributed by atoms with van der Waals surface area (Å²) < 4.78 is 38.3. The normalized spacial score (nSPS) is 45.0. The first-order valence-corrected chi connectivity index (χ1v) is 14.3. The van der Waals surface area contributed by atoms with Crippen molar-refractivity contribution in [1.82, 2.24) is 5.06 Å². The number of furan rings is 1. The van der Waals surface area contributed by atoms with E-state index in [1.165, 1.54) is 23.9 Å². The van der Waals surface area contributed by atoms with Crippen molar-refractivity contribution in [3.8, 4) is 0 Å². The van der Waals surface area contributed by atoms with Gasteiger partial charge in [0.15, 0.2) is 22.8 Å². The Bertz CT molecular complexity index is 1200. The minimum atomic E-state index is -2.15. The summed E-state index contributed by atoms with van der Waals surface area (Å²) in [4.78, 5) is 32.6. The number of ketones is 2. The Morgan fingerprint density at radius 3 is 2.81 bits per heavy atom. The van der Waals surface area contributed by atoms with E-state index < -0.39 is 39.9 Å². The van der Waals surface area contributed by atoms with Gasteiger partial charge in [-0.15, -0.1) is 0 Å². The number of hydrogen-bond donors (Lipinski definition) is 1. The molecule has 5 aliphatic rings. The summed E-state index contributed by atoms with van der Waals surface area (Å²) in [6.45, 7) is 4.46. The second kappa shape index (κ2) is 8.34. The van der Waals surface area contributed by atoms with Crippen LogP contribution >= 0.6 is 11.8 Å². The van der Waals surface area contributed by atoms with E-state index in [0.29, 0.717) is 19.5 Å². The molecule has 2 saturated carbocycles. The van der Waals surface area contributed by atoms with Crippen LogP contribution in [0.1, 0.15) is 45.1 Å². The highest BCUT2D eigenvalue weighted by atomic mass is 32.2. The molecule has 1 saturated heterocycles. The quantitative estimate of drug-likeness (QED) is 0.593. The molecule has 0 unspecified atom stereocenters. The summed E-state index contributed by atoms with van der Waals surface area (Å²) in [5.74, 6) is -1.98. The Morgan fingerprint density at radius 1 is 1.32 bits per heavy atom. The number of halogens is 2. The first kappa shape index (κ1) is 25.5. The number of Topliss-reactive ketones (excluding diaryl/α,β-unsaturated/α-hetero) is 1. The number of aliphatic hydroxyl groups excluding tert-OH is 1. The molecule has 0 spiro atoms. The van der Waals surface area contributed by atoms with Gasteiger partial charge in [-0.2, -0.15) is 16.8 Å². The predicted molar refractivity (Wildman–Crippen MR) is 134 cm³/mol. The summed E-state index contributed by atoms with van der Waals surface area (Å²) in [5.41, 5.74) is -4.63. The van der Waals surface area contributed by atoms with E-state index in [1.807, 2.05) is 19.2 Å². The van der Waals surface area contributed by atoms with Crippen molar-refractivity contribution in [1.29, 1.82) is 0 Å². The smallest absolute Gasteiger partial charge is 0.177 e. The highest BCUT2D eigenvalue weighted by Gasteiger charge is 2.79. The van der Waals surface area contributed by atoms with Crippen molar-refractivity contribution < 1.29 is 32.7 Å². The highest BCUT2D eigenvalue weighted by Crippen LogP contribution is 2.72. The van der Waals surface area contributed by atoms with Crippen LogP contribution in [0.5, 0.6) is 0 Å². The zero-order valence-corrected chi connectivity index (χ0v) is 22.2. The Hall–Kier alpha value is -1.81. The third-order valence-corrected chi connectivity index (χ3v) is 10.9. The van der Waals surface area contributed by atoms with E-state index >= 15 is 8.78 Å². The molecule has 0 amide bonds. The molecule has 1 aromatic rings. The van der Waals surface area contributed by atoms with Gasteiger partial charge in [-0.1, -0.05) is 13.0 Å². The van der Waals surface area contributed by atoms with Crippen molar-refractivity contribution in [3.05, 3.63) is 47.7 Å². The van der Waals surface area contributed by atoms with Crippen molar-refractivity contribution in [2.24, 2.45) is 28.6 Å². The first-order chi connectivity index (χ1) is 17.5. The Kier molecular flexibility index (Phi) is 5.74. The van der Waals surface area contributed by atoms with Gasteiger partial charge in [0.05, 0.1) is 30.9 Å².